The van der Waals surface area contributed by atoms with Crippen LogP contribution >= 0.6 is 11.6 Å². The van der Waals surface area contributed by atoms with Gasteiger partial charge >= 0.3 is 5.97 Å². The van der Waals surface area contributed by atoms with Crippen molar-refractivity contribution in [2.75, 3.05) is 13.2 Å². The van der Waals surface area contributed by atoms with Gasteiger partial charge in [-0.25, -0.2) is 4.79 Å². The van der Waals surface area contributed by atoms with Gasteiger partial charge in [0, 0.05) is 0 Å². The van der Waals surface area contributed by atoms with E-state index in [0.717, 1.165) is 6.42 Å². The van der Waals surface area contributed by atoms with Crippen LogP contribution in [0.2, 0.25) is 0 Å². The van der Waals surface area contributed by atoms with Crippen LogP contribution in [-0.2, 0) is 19.2 Å². The fraction of sp³-hybridized carbons (Fsp3) is 0.700. The van der Waals surface area contributed by atoms with E-state index in [0.29, 0.717) is 6.61 Å². The van der Waals surface area contributed by atoms with Crippen molar-refractivity contribution in [1.82, 2.24) is 0 Å². The fourth-order valence-corrected chi connectivity index (χ4v) is 0.876. The lowest BCUT2D eigenvalue weighted by Crippen LogP contribution is -2.31. The molecule has 0 fully saturated rings. The predicted octanol–water partition coefficient (Wildman–Crippen LogP) is 1.53. The molecule has 0 N–H and O–H groups in total. The third kappa shape index (κ3) is 5.11. The van der Waals surface area contributed by atoms with Crippen LogP contribution in [0.3, 0.4) is 0 Å². The summed E-state index contributed by atoms with van der Waals surface area (Å²) in [5.41, 5.74) is -0.391. The first-order valence-corrected chi connectivity index (χ1v) is 5.53. The molecule has 6 heteroatoms. The van der Waals surface area contributed by atoms with E-state index in [9.17, 15) is 9.59 Å². The normalized spacial score (nSPS) is 13.1. The zero-order valence-electron chi connectivity index (χ0n) is 9.66. The number of ketones is 1. The summed E-state index contributed by atoms with van der Waals surface area (Å²) in [5, 5.41) is 2.62. The van der Waals surface area contributed by atoms with Crippen LogP contribution in [-0.4, -0.2) is 36.1 Å². The minimum atomic E-state index is -0.839. The number of halogens is 1. The average molecular weight is 250 g/mol. The molecule has 1 unspecified atom stereocenters. The van der Waals surface area contributed by atoms with Crippen LogP contribution in [0, 0.1) is 0 Å². The van der Waals surface area contributed by atoms with Gasteiger partial charge in [0.2, 0.25) is 11.5 Å². The zero-order chi connectivity index (χ0) is 12.6. The molecule has 0 saturated carbocycles. The molecule has 0 aromatic carbocycles. The molecule has 0 aromatic heterocycles. The molecule has 0 bridgehead atoms. The fourth-order valence-electron chi connectivity index (χ4n) is 0.772. The molecule has 16 heavy (non-hydrogen) atoms. The molecule has 1 atom stereocenters. The predicted molar refractivity (Wildman–Crippen MR) is 60.6 cm³/mol. The van der Waals surface area contributed by atoms with Crippen molar-refractivity contribution < 1.29 is 19.2 Å². The largest absolute Gasteiger partial charge is 0.461 e. The van der Waals surface area contributed by atoms with E-state index in [1.807, 2.05) is 6.92 Å². The molecule has 0 aliphatic carbocycles. The summed E-state index contributed by atoms with van der Waals surface area (Å²) in [6.07, 6.45) is 0.726. The molecule has 0 amide bonds. The Hall–Kier alpha value is -1.10. The topological polar surface area (TPSA) is 65.0 Å². The third-order valence-corrected chi connectivity index (χ3v) is 1.71. The highest BCUT2D eigenvalue weighted by molar-refractivity contribution is 6.68. The molecule has 0 spiro atoms. The quantitative estimate of drug-likeness (QED) is 0.171. The highest BCUT2D eigenvalue weighted by Crippen LogP contribution is 2.01. The number of oxime groups is 1. The first kappa shape index (κ1) is 14.9. The summed E-state index contributed by atoms with van der Waals surface area (Å²) in [6, 6.07) is 0. The maximum atomic E-state index is 11.5. The molecule has 0 aromatic rings. The lowest BCUT2D eigenvalue weighted by Gasteiger charge is -2.06. The van der Waals surface area contributed by atoms with Gasteiger partial charge < -0.3 is 9.57 Å². The lowest BCUT2D eigenvalue weighted by molar-refractivity contribution is -0.136. The Balaban J connectivity index is 4.69. The standard InChI is InChI=1S/C10H16ClNO4/c1-4-6-16-12-8(9(13)7(3)11)10(14)15-5-2/h7H,4-6H2,1-3H3. The van der Waals surface area contributed by atoms with Crippen LogP contribution in [0.5, 0.6) is 0 Å². The number of esters is 1. The second-order valence-electron chi connectivity index (χ2n) is 2.97. The van der Waals surface area contributed by atoms with Gasteiger partial charge in [0.1, 0.15) is 6.61 Å². The Morgan fingerprint density at radius 3 is 2.44 bits per heavy atom. The Labute approximate surface area is 99.7 Å². The van der Waals surface area contributed by atoms with E-state index in [-0.39, 0.29) is 6.61 Å². The number of carbonyl (C=O) groups excluding carboxylic acids is 2. The Bertz CT molecular complexity index is 276. The zero-order valence-corrected chi connectivity index (χ0v) is 10.4. The molecule has 92 valence electrons. The van der Waals surface area contributed by atoms with Gasteiger partial charge in [-0.15, -0.1) is 11.6 Å². The second-order valence-corrected chi connectivity index (χ2v) is 3.63. The van der Waals surface area contributed by atoms with Gasteiger partial charge in [0.15, 0.2) is 0 Å². The molecule has 0 rings (SSSR count). The van der Waals surface area contributed by atoms with Crippen molar-refractivity contribution in [2.45, 2.75) is 32.6 Å². The number of alkyl halides is 1. The van der Waals surface area contributed by atoms with E-state index in [2.05, 4.69) is 9.89 Å². The molecular formula is C10H16ClNO4. The van der Waals surface area contributed by atoms with E-state index < -0.39 is 22.8 Å². The Morgan fingerprint density at radius 1 is 1.38 bits per heavy atom. The molecule has 0 heterocycles. The number of Topliss-reactive ketones (excluding diaryl/α,β-unsaturated/α-hetero) is 1. The smallest absolute Gasteiger partial charge is 0.364 e. The van der Waals surface area contributed by atoms with E-state index in [1.165, 1.54) is 6.92 Å². The summed E-state index contributed by atoms with van der Waals surface area (Å²) < 4.78 is 4.68. The first-order chi connectivity index (χ1) is 7.54. The molecule has 0 radical (unpaired) electrons. The maximum absolute atomic E-state index is 11.5. The lowest BCUT2D eigenvalue weighted by atomic mass is 10.2. The van der Waals surface area contributed by atoms with Crippen LogP contribution in [0.15, 0.2) is 5.16 Å². The minimum absolute atomic E-state index is 0.162. The van der Waals surface area contributed by atoms with E-state index in [4.69, 9.17) is 16.4 Å². The monoisotopic (exact) mass is 249 g/mol. The Kier molecular flexibility index (Phi) is 7.54. The van der Waals surface area contributed by atoms with Gasteiger partial charge in [0.05, 0.1) is 12.0 Å². The number of ether oxygens (including phenoxy) is 1. The van der Waals surface area contributed by atoms with Crippen molar-refractivity contribution in [1.29, 1.82) is 0 Å². The van der Waals surface area contributed by atoms with Crippen LogP contribution in [0.25, 0.3) is 0 Å². The van der Waals surface area contributed by atoms with Crippen LogP contribution < -0.4 is 0 Å². The highest BCUT2D eigenvalue weighted by Gasteiger charge is 2.26. The number of hydrogen-bond donors (Lipinski definition) is 0. The summed E-state index contributed by atoms with van der Waals surface area (Å²) in [5.74, 6) is -1.41. The number of nitrogens with zero attached hydrogens (tertiary/aromatic N) is 1. The minimum Gasteiger partial charge on any atom is -0.461 e. The molecule has 0 saturated heterocycles. The Morgan fingerprint density at radius 2 is 2.00 bits per heavy atom. The number of carbonyl (C=O) groups is 2. The summed E-state index contributed by atoms with van der Waals surface area (Å²) in [7, 11) is 0. The highest BCUT2D eigenvalue weighted by atomic mass is 35.5. The van der Waals surface area contributed by atoms with Crippen molar-refractivity contribution >= 4 is 29.1 Å². The maximum Gasteiger partial charge on any atom is 0.364 e. The van der Waals surface area contributed by atoms with Crippen molar-refractivity contribution in [3.05, 3.63) is 0 Å². The van der Waals surface area contributed by atoms with Crippen molar-refractivity contribution in [3.8, 4) is 0 Å². The molecular weight excluding hydrogens is 234 g/mol. The first-order valence-electron chi connectivity index (χ1n) is 5.09. The molecule has 5 nitrogen and oxygen atoms in total. The average Bonchev–Trinajstić information content (AvgIpc) is 2.23. The van der Waals surface area contributed by atoms with Gasteiger partial charge in [-0.1, -0.05) is 12.1 Å². The molecule has 0 aliphatic rings. The summed E-state index contributed by atoms with van der Waals surface area (Å²) >= 11 is 5.59. The van der Waals surface area contributed by atoms with Gasteiger partial charge in [-0.3, -0.25) is 4.79 Å². The van der Waals surface area contributed by atoms with Crippen LogP contribution in [0.4, 0.5) is 0 Å². The SMILES string of the molecule is CCCON=C(C(=O)OCC)C(=O)C(C)Cl. The van der Waals surface area contributed by atoms with E-state index >= 15 is 0 Å². The van der Waals surface area contributed by atoms with E-state index in [1.54, 1.807) is 6.92 Å². The number of hydrogen-bond acceptors (Lipinski definition) is 5. The summed E-state index contributed by atoms with van der Waals surface area (Å²) in [4.78, 5) is 27.7. The number of rotatable bonds is 7. The van der Waals surface area contributed by atoms with Crippen molar-refractivity contribution in [2.24, 2.45) is 5.16 Å². The van der Waals surface area contributed by atoms with Crippen LogP contribution in [0.1, 0.15) is 27.2 Å². The second kappa shape index (κ2) is 8.10. The van der Waals surface area contributed by atoms with Gasteiger partial charge in [-0.2, -0.15) is 0 Å². The summed E-state index contributed by atoms with van der Waals surface area (Å²) in [6.45, 7) is 5.46. The van der Waals surface area contributed by atoms with Gasteiger partial charge in [0.25, 0.3) is 0 Å². The molecule has 0 aliphatic heterocycles. The van der Waals surface area contributed by atoms with Gasteiger partial charge in [-0.05, 0) is 20.3 Å². The van der Waals surface area contributed by atoms with Crippen molar-refractivity contribution in [3.63, 3.8) is 0 Å². The third-order valence-electron chi connectivity index (χ3n) is 1.51.